The molecule has 0 aromatic heterocycles. The zero-order valence-electron chi connectivity index (χ0n) is 15.6. The van der Waals surface area contributed by atoms with Crippen molar-refractivity contribution >= 4 is 17.9 Å². The van der Waals surface area contributed by atoms with Crippen molar-refractivity contribution < 1.29 is 28.6 Å². The molecule has 8 atom stereocenters. The van der Waals surface area contributed by atoms with Gasteiger partial charge in [0.2, 0.25) is 0 Å². The molecule has 0 radical (unpaired) electrons. The maximum Gasteiger partial charge on any atom is 0.309 e. The number of carbonyl (C=O) groups excluding carboxylic acids is 3. The number of rotatable bonds is 2. The van der Waals surface area contributed by atoms with Gasteiger partial charge in [0.05, 0.1) is 5.92 Å². The van der Waals surface area contributed by atoms with Crippen LogP contribution in [0.2, 0.25) is 0 Å². The summed E-state index contributed by atoms with van der Waals surface area (Å²) in [6, 6.07) is 0. The Kier molecular flexibility index (Phi) is 4.58. The van der Waals surface area contributed by atoms with Gasteiger partial charge in [-0.3, -0.25) is 14.4 Å². The molecule has 0 bridgehead atoms. The molecule has 2 saturated carbocycles. The monoisotopic (exact) mass is 352 g/mol. The van der Waals surface area contributed by atoms with Gasteiger partial charge in [-0.2, -0.15) is 0 Å². The molecule has 1 aliphatic heterocycles. The minimum Gasteiger partial charge on any atom is -0.462 e. The normalized spacial score (nSPS) is 45.8. The van der Waals surface area contributed by atoms with Crippen LogP contribution < -0.4 is 0 Å². The Labute approximate surface area is 148 Å². The second kappa shape index (κ2) is 6.29. The summed E-state index contributed by atoms with van der Waals surface area (Å²) >= 11 is 0. The van der Waals surface area contributed by atoms with Crippen molar-refractivity contribution in [1.82, 2.24) is 0 Å². The molecule has 0 amide bonds. The lowest BCUT2D eigenvalue weighted by molar-refractivity contribution is -0.170. The van der Waals surface area contributed by atoms with Crippen LogP contribution in [0.3, 0.4) is 0 Å². The van der Waals surface area contributed by atoms with Gasteiger partial charge in [-0.1, -0.05) is 20.8 Å². The summed E-state index contributed by atoms with van der Waals surface area (Å²) in [6.07, 6.45) is 1.29. The maximum atomic E-state index is 12.0. The van der Waals surface area contributed by atoms with Crippen LogP contribution in [0, 0.1) is 29.1 Å². The van der Waals surface area contributed by atoms with Crippen LogP contribution in [0.4, 0.5) is 0 Å². The molecule has 0 N–H and O–H groups in total. The molecule has 0 aromatic rings. The van der Waals surface area contributed by atoms with E-state index in [1.54, 1.807) is 0 Å². The van der Waals surface area contributed by atoms with Crippen molar-refractivity contribution in [3.63, 3.8) is 0 Å². The van der Waals surface area contributed by atoms with Crippen LogP contribution in [0.1, 0.15) is 53.9 Å². The van der Waals surface area contributed by atoms with E-state index in [9.17, 15) is 14.4 Å². The fourth-order valence-electron chi connectivity index (χ4n) is 5.54. The van der Waals surface area contributed by atoms with Crippen LogP contribution >= 0.6 is 0 Å². The highest BCUT2D eigenvalue weighted by molar-refractivity contribution is 5.75. The van der Waals surface area contributed by atoms with E-state index in [0.717, 1.165) is 12.8 Å². The number of hydrogen-bond acceptors (Lipinski definition) is 6. The second-order valence-electron chi connectivity index (χ2n) is 8.28. The summed E-state index contributed by atoms with van der Waals surface area (Å²) in [7, 11) is 0. The summed E-state index contributed by atoms with van der Waals surface area (Å²) in [5.74, 6) is -0.438. The van der Waals surface area contributed by atoms with Crippen molar-refractivity contribution in [3.05, 3.63) is 0 Å². The average Bonchev–Trinajstić information content (AvgIpc) is 2.90. The summed E-state index contributed by atoms with van der Waals surface area (Å²) in [4.78, 5) is 35.2. The highest BCUT2D eigenvalue weighted by atomic mass is 16.6. The second-order valence-corrected chi connectivity index (χ2v) is 8.28. The Morgan fingerprint density at radius 2 is 1.80 bits per heavy atom. The van der Waals surface area contributed by atoms with Gasteiger partial charge in [0.1, 0.15) is 18.3 Å². The molecule has 0 unspecified atom stereocenters. The predicted octanol–water partition coefficient (Wildman–Crippen LogP) is 2.48. The van der Waals surface area contributed by atoms with Gasteiger partial charge >= 0.3 is 17.9 Å². The molecule has 1 heterocycles. The van der Waals surface area contributed by atoms with E-state index in [1.165, 1.54) is 13.8 Å². The van der Waals surface area contributed by atoms with E-state index in [1.807, 2.05) is 6.92 Å². The van der Waals surface area contributed by atoms with Gasteiger partial charge in [-0.15, -0.1) is 0 Å². The quantitative estimate of drug-likeness (QED) is 0.561. The number of hydrogen-bond donors (Lipinski definition) is 0. The first-order valence-electron chi connectivity index (χ1n) is 9.20. The molecular weight excluding hydrogens is 324 g/mol. The Morgan fingerprint density at radius 3 is 2.40 bits per heavy atom. The third kappa shape index (κ3) is 2.93. The highest BCUT2D eigenvalue weighted by Crippen LogP contribution is 2.58. The zero-order chi connectivity index (χ0) is 18.5. The molecule has 140 valence electrons. The van der Waals surface area contributed by atoms with Crippen LogP contribution in [0.15, 0.2) is 0 Å². The van der Waals surface area contributed by atoms with E-state index in [0.29, 0.717) is 6.42 Å². The van der Waals surface area contributed by atoms with Crippen LogP contribution in [-0.2, 0) is 28.6 Å². The van der Waals surface area contributed by atoms with E-state index in [2.05, 4.69) is 13.8 Å². The number of ether oxygens (including phenoxy) is 3. The molecule has 0 aromatic carbocycles. The first-order valence-corrected chi connectivity index (χ1v) is 9.20. The third-order valence-electron chi connectivity index (χ3n) is 6.79. The van der Waals surface area contributed by atoms with Gasteiger partial charge in [0, 0.05) is 25.2 Å². The molecule has 3 rings (SSSR count). The molecular formula is C19H28O6. The van der Waals surface area contributed by atoms with E-state index >= 15 is 0 Å². The Hall–Kier alpha value is -1.59. The van der Waals surface area contributed by atoms with E-state index < -0.39 is 12.2 Å². The van der Waals surface area contributed by atoms with Gasteiger partial charge in [0.15, 0.2) is 0 Å². The molecule has 0 spiro atoms. The van der Waals surface area contributed by atoms with E-state index in [-0.39, 0.29) is 53.1 Å². The van der Waals surface area contributed by atoms with Crippen molar-refractivity contribution in [3.8, 4) is 0 Å². The van der Waals surface area contributed by atoms with Gasteiger partial charge < -0.3 is 14.2 Å². The lowest BCUT2D eigenvalue weighted by Gasteiger charge is -2.38. The topological polar surface area (TPSA) is 78.9 Å². The summed E-state index contributed by atoms with van der Waals surface area (Å²) in [6.45, 7) is 8.94. The third-order valence-corrected chi connectivity index (χ3v) is 6.79. The molecule has 6 heteroatoms. The fraction of sp³-hybridized carbons (Fsp3) is 0.842. The number of esters is 3. The smallest absolute Gasteiger partial charge is 0.309 e. The van der Waals surface area contributed by atoms with E-state index in [4.69, 9.17) is 14.2 Å². The number of fused-ring (bicyclic) bond motifs is 2. The first-order chi connectivity index (χ1) is 11.6. The van der Waals surface area contributed by atoms with Crippen LogP contribution in [0.25, 0.3) is 0 Å². The molecule has 1 saturated heterocycles. The van der Waals surface area contributed by atoms with Gasteiger partial charge in [-0.05, 0) is 31.1 Å². The Balaban J connectivity index is 1.93. The first kappa shape index (κ1) is 18.2. The van der Waals surface area contributed by atoms with Gasteiger partial charge in [-0.25, -0.2) is 0 Å². The molecule has 25 heavy (non-hydrogen) atoms. The van der Waals surface area contributed by atoms with Crippen molar-refractivity contribution in [2.45, 2.75) is 72.2 Å². The Bertz CT molecular complexity index is 586. The molecule has 3 aliphatic rings. The zero-order valence-corrected chi connectivity index (χ0v) is 15.6. The molecule has 2 aliphatic carbocycles. The predicted molar refractivity (Wildman–Crippen MR) is 88.3 cm³/mol. The minimum atomic E-state index is -0.453. The summed E-state index contributed by atoms with van der Waals surface area (Å²) in [5, 5.41) is 0. The van der Waals surface area contributed by atoms with Gasteiger partial charge in [0.25, 0.3) is 0 Å². The summed E-state index contributed by atoms with van der Waals surface area (Å²) in [5.41, 5.74) is -0.290. The largest absolute Gasteiger partial charge is 0.462 e. The summed E-state index contributed by atoms with van der Waals surface area (Å²) < 4.78 is 16.8. The van der Waals surface area contributed by atoms with Crippen LogP contribution in [-0.4, -0.2) is 36.2 Å². The van der Waals surface area contributed by atoms with Crippen molar-refractivity contribution in [1.29, 1.82) is 0 Å². The standard InChI is InChI=1S/C19H28O6/c1-9-13-6-7-19(5)14(10(2)16(13)25-18(9)22)8-15(23-11(3)20)17(19)24-12(4)21/h9-10,13-17H,6-8H2,1-5H3/t9-,10-,13+,14-,15+,16+,17-,19-/m0/s1. The number of carbonyl (C=O) groups is 3. The molecule has 3 fully saturated rings. The lowest BCUT2D eigenvalue weighted by atomic mass is 9.71. The molecule has 6 nitrogen and oxygen atoms in total. The Morgan fingerprint density at radius 1 is 1.16 bits per heavy atom. The maximum absolute atomic E-state index is 12.0. The van der Waals surface area contributed by atoms with Crippen molar-refractivity contribution in [2.24, 2.45) is 29.1 Å². The minimum absolute atomic E-state index is 0.0914. The van der Waals surface area contributed by atoms with Crippen molar-refractivity contribution in [2.75, 3.05) is 0 Å². The average molecular weight is 352 g/mol. The highest BCUT2D eigenvalue weighted by Gasteiger charge is 2.61. The van der Waals surface area contributed by atoms with Crippen LogP contribution in [0.5, 0.6) is 0 Å². The SMILES string of the molecule is CC(=O)O[C@@H]1C[C@H]2[C@H](C)[C@H]3OC(=O)[C@@H](C)[C@H]3CC[C@]2(C)[C@H]1OC(C)=O. The fourth-order valence-corrected chi connectivity index (χ4v) is 5.54. The lowest BCUT2D eigenvalue weighted by Crippen LogP contribution is -2.42.